The van der Waals surface area contributed by atoms with Crippen molar-refractivity contribution in [1.29, 1.82) is 0 Å². The van der Waals surface area contributed by atoms with Crippen molar-refractivity contribution < 1.29 is 28.9 Å². The molecule has 14 heteroatoms. The molecule has 0 bridgehead atoms. The van der Waals surface area contributed by atoms with Crippen LogP contribution < -0.4 is 31.6 Å². The van der Waals surface area contributed by atoms with Gasteiger partial charge in [0.15, 0.2) is 11.4 Å². The van der Waals surface area contributed by atoms with E-state index in [0.717, 1.165) is 12.1 Å². The molecule has 2 aromatic carbocycles. The van der Waals surface area contributed by atoms with Crippen LogP contribution in [0.25, 0.3) is 0 Å². The number of nitro groups is 2. The molecule has 0 aromatic heterocycles. The maximum absolute atomic E-state index is 11.6. The first-order chi connectivity index (χ1) is 17.7. The van der Waals surface area contributed by atoms with Crippen molar-refractivity contribution in [2.24, 2.45) is 11.5 Å². The molecule has 0 unspecified atom stereocenters. The molecule has 2 amide bonds. The molecule has 2 aromatic rings. The first-order valence-electron chi connectivity index (χ1n) is 11.7. The predicted octanol–water partition coefficient (Wildman–Crippen LogP) is 3.19. The first kappa shape index (κ1) is 28.6. The Bertz CT molecular complexity index is 1080. The lowest BCUT2D eigenvalue weighted by atomic mass is 10.1. The van der Waals surface area contributed by atoms with Gasteiger partial charge in [-0.15, -0.1) is 0 Å². The van der Waals surface area contributed by atoms with Gasteiger partial charge >= 0.3 is 0 Å². The van der Waals surface area contributed by atoms with E-state index in [1.54, 1.807) is 0 Å². The van der Waals surface area contributed by atoms with Gasteiger partial charge in [-0.1, -0.05) is 13.8 Å². The summed E-state index contributed by atoms with van der Waals surface area (Å²) in [5.74, 6) is -1.50. The third kappa shape index (κ3) is 7.43. The third-order valence-electron chi connectivity index (χ3n) is 5.14. The number of anilines is 2. The number of rotatable bonds is 4. The fraction of sp³-hybridized carbons (Fsp3) is 0.391. The van der Waals surface area contributed by atoms with E-state index >= 15 is 0 Å². The number of amides is 2. The van der Waals surface area contributed by atoms with Gasteiger partial charge < -0.3 is 31.6 Å². The number of nitrogens with one attached hydrogen (secondary N) is 2. The second-order valence-electron chi connectivity index (χ2n) is 7.59. The monoisotopic (exact) mass is 518 g/mol. The molecule has 0 atom stereocenters. The van der Waals surface area contributed by atoms with Gasteiger partial charge in [0.1, 0.15) is 11.5 Å². The number of fused-ring (bicyclic) bond motifs is 2. The van der Waals surface area contributed by atoms with Gasteiger partial charge in [0.2, 0.25) is 11.8 Å². The van der Waals surface area contributed by atoms with Crippen molar-refractivity contribution in [2.75, 3.05) is 36.9 Å². The molecule has 0 saturated heterocycles. The Labute approximate surface area is 212 Å². The van der Waals surface area contributed by atoms with E-state index in [0.29, 0.717) is 25.9 Å². The highest BCUT2D eigenvalue weighted by atomic mass is 16.6. The molecule has 1 aliphatic heterocycles. The number of nitro benzene ring substituents is 2. The molecule has 0 saturated carbocycles. The number of primary amides is 2. The maximum atomic E-state index is 11.6. The molecule has 0 aliphatic carbocycles. The lowest BCUT2D eigenvalue weighted by Gasteiger charge is -2.15. The van der Waals surface area contributed by atoms with Crippen LogP contribution in [0.3, 0.4) is 0 Å². The summed E-state index contributed by atoms with van der Waals surface area (Å²) in [5, 5.41) is 29.2. The number of nitrogens with zero attached hydrogens (tertiary/aromatic N) is 2. The van der Waals surface area contributed by atoms with Crippen LogP contribution in [0.2, 0.25) is 0 Å². The summed E-state index contributed by atoms with van der Waals surface area (Å²) < 4.78 is 11.4. The third-order valence-corrected chi connectivity index (χ3v) is 5.14. The zero-order chi connectivity index (χ0) is 27.5. The summed E-state index contributed by atoms with van der Waals surface area (Å²) in [6.45, 7) is 4.71. The minimum Gasteiger partial charge on any atom is -0.491 e. The van der Waals surface area contributed by atoms with Crippen LogP contribution >= 0.6 is 0 Å². The van der Waals surface area contributed by atoms with Crippen molar-refractivity contribution >= 4 is 34.6 Å². The van der Waals surface area contributed by atoms with Gasteiger partial charge in [-0.3, -0.25) is 29.8 Å². The molecule has 1 heterocycles. The highest BCUT2D eigenvalue weighted by Crippen LogP contribution is 2.38. The molecule has 0 fully saturated rings. The molecule has 200 valence electrons. The predicted molar refractivity (Wildman–Crippen MR) is 136 cm³/mol. The fourth-order valence-corrected chi connectivity index (χ4v) is 3.46. The highest BCUT2D eigenvalue weighted by Gasteiger charge is 2.24. The number of hydrogen-bond acceptors (Lipinski definition) is 10. The summed E-state index contributed by atoms with van der Waals surface area (Å²) in [4.78, 5) is 45.2. The maximum Gasteiger partial charge on any atom is 0.296 e. The van der Waals surface area contributed by atoms with E-state index in [-0.39, 0.29) is 65.0 Å². The van der Waals surface area contributed by atoms with Gasteiger partial charge in [0, 0.05) is 42.8 Å². The average Bonchev–Trinajstić information content (AvgIpc) is 2.87. The standard InChI is InChI=1S/C21H24N6O8.C2H6/c22-20(28)12-8-14(26(30)31)18-16(10-12)34-6-3-7-35-17-11-13(21(23)29)9-15(27(32)33)19(17)25-5-2-1-4-24-18;1-2/h8-11,24-25H,1-7H2,(H2,22,28)(H2,23,29);1-2H3. The van der Waals surface area contributed by atoms with Gasteiger partial charge in [-0.25, -0.2) is 0 Å². The van der Waals surface area contributed by atoms with Crippen molar-refractivity contribution in [3.63, 3.8) is 0 Å². The van der Waals surface area contributed by atoms with Crippen LogP contribution in [0.1, 0.15) is 53.8 Å². The number of benzene rings is 2. The number of carbonyl (C=O) groups excluding carboxylic acids is 2. The second kappa shape index (κ2) is 13.5. The van der Waals surface area contributed by atoms with Crippen molar-refractivity contribution in [1.82, 2.24) is 0 Å². The quantitative estimate of drug-likeness (QED) is 0.342. The Kier molecular flexibility index (Phi) is 10.4. The minimum atomic E-state index is -0.840. The van der Waals surface area contributed by atoms with E-state index < -0.39 is 21.7 Å². The molecule has 37 heavy (non-hydrogen) atoms. The van der Waals surface area contributed by atoms with Crippen LogP contribution in [0.5, 0.6) is 11.5 Å². The topological polar surface area (TPSA) is 215 Å². The molecule has 14 nitrogen and oxygen atoms in total. The molecule has 6 N–H and O–H groups in total. The van der Waals surface area contributed by atoms with Gasteiger partial charge in [0.05, 0.1) is 23.1 Å². The molecule has 3 rings (SSSR count). The zero-order valence-corrected chi connectivity index (χ0v) is 20.6. The van der Waals surface area contributed by atoms with E-state index in [9.17, 15) is 29.8 Å². The largest absolute Gasteiger partial charge is 0.491 e. The Balaban J connectivity index is 0.00000235. The van der Waals surface area contributed by atoms with Crippen molar-refractivity contribution in [3.05, 3.63) is 55.6 Å². The average molecular weight is 519 g/mol. The first-order valence-corrected chi connectivity index (χ1v) is 11.7. The molecular weight excluding hydrogens is 488 g/mol. The van der Waals surface area contributed by atoms with Crippen LogP contribution in [-0.4, -0.2) is 48.0 Å². The number of nitrogens with two attached hydrogens (primary N) is 2. The van der Waals surface area contributed by atoms with Crippen molar-refractivity contribution in [2.45, 2.75) is 33.1 Å². The number of ether oxygens (including phenoxy) is 2. The summed E-state index contributed by atoms with van der Waals surface area (Å²) in [5.41, 5.74) is 10.0. The SMILES string of the molecule is CC.NC(=O)c1cc2c(c([N+](=O)[O-])c1)NCCCCNc1c(cc(C(N)=O)cc1[N+](=O)[O-])OCCCO2. The smallest absolute Gasteiger partial charge is 0.296 e. The second-order valence-corrected chi connectivity index (χ2v) is 7.59. The fourth-order valence-electron chi connectivity index (χ4n) is 3.46. The van der Waals surface area contributed by atoms with Crippen LogP contribution in [-0.2, 0) is 0 Å². The molecule has 1 aliphatic rings. The Hall–Kier alpha value is -4.62. The van der Waals surface area contributed by atoms with Crippen LogP contribution in [0.15, 0.2) is 24.3 Å². The zero-order valence-electron chi connectivity index (χ0n) is 20.6. The molecule has 0 radical (unpaired) electrons. The lowest BCUT2D eigenvalue weighted by Crippen LogP contribution is -2.14. The Morgan fingerprint density at radius 1 is 0.757 bits per heavy atom. The van der Waals surface area contributed by atoms with E-state index in [1.165, 1.54) is 12.1 Å². The minimum absolute atomic E-state index is 0.0361. The van der Waals surface area contributed by atoms with Crippen molar-refractivity contribution in [3.8, 4) is 11.5 Å². The lowest BCUT2D eigenvalue weighted by molar-refractivity contribution is -0.384. The van der Waals surface area contributed by atoms with Gasteiger partial charge in [-0.05, 0) is 25.0 Å². The number of hydrogen-bond donors (Lipinski definition) is 4. The Morgan fingerprint density at radius 3 is 1.46 bits per heavy atom. The summed E-state index contributed by atoms with van der Waals surface area (Å²) >= 11 is 0. The van der Waals surface area contributed by atoms with E-state index in [4.69, 9.17) is 20.9 Å². The van der Waals surface area contributed by atoms with Gasteiger partial charge in [0.25, 0.3) is 11.4 Å². The summed E-state index contributed by atoms with van der Waals surface area (Å²) in [6.07, 6.45) is 1.33. The number of carbonyl (C=O) groups is 2. The molecular formula is C23H30N6O8. The van der Waals surface area contributed by atoms with E-state index in [2.05, 4.69) is 10.6 Å². The Morgan fingerprint density at radius 2 is 1.14 bits per heavy atom. The van der Waals surface area contributed by atoms with Gasteiger partial charge in [-0.2, -0.15) is 0 Å². The van der Waals surface area contributed by atoms with Crippen LogP contribution in [0.4, 0.5) is 22.7 Å². The normalized spacial score (nSPS) is 13.6. The highest BCUT2D eigenvalue weighted by molar-refractivity contribution is 5.96. The summed E-state index contributed by atoms with van der Waals surface area (Å²) in [7, 11) is 0. The molecule has 0 spiro atoms. The van der Waals surface area contributed by atoms with Crippen LogP contribution in [0, 0.1) is 20.2 Å². The van der Waals surface area contributed by atoms with E-state index in [1.807, 2.05) is 13.8 Å². The summed E-state index contributed by atoms with van der Waals surface area (Å²) in [6, 6.07) is 4.83.